The molecule has 1 aliphatic rings. The van der Waals surface area contributed by atoms with E-state index in [-0.39, 0.29) is 24.3 Å². The van der Waals surface area contributed by atoms with Crippen LogP contribution in [0.4, 0.5) is 4.39 Å². The fourth-order valence-electron chi connectivity index (χ4n) is 3.82. The molecule has 0 bridgehead atoms. The van der Waals surface area contributed by atoms with Crippen LogP contribution in [0.15, 0.2) is 59.8 Å². The average Bonchev–Trinajstić information content (AvgIpc) is 3.26. The van der Waals surface area contributed by atoms with Crippen molar-refractivity contribution in [2.24, 2.45) is 0 Å². The van der Waals surface area contributed by atoms with Crippen LogP contribution >= 0.6 is 11.8 Å². The van der Waals surface area contributed by atoms with Crippen molar-refractivity contribution in [1.29, 1.82) is 0 Å². The molecule has 1 saturated carbocycles. The second-order valence-electron chi connectivity index (χ2n) is 7.81. The second kappa shape index (κ2) is 11.1. The minimum atomic E-state index is -0.533. The molecule has 0 spiro atoms. The molecule has 2 aromatic carbocycles. The molecule has 1 amide bonds. The first-order valence-electron chi connectivity index (χ1n) is 11.0. The molecule has 0 radical (unpaired) electrons. The Morgan fingerprint density at radius 2 is 1.76 bits per heavy atom. The number of hydrogen-bond donors (Lipinski definition) is 1. The molecule has 9 heteroatoms. The highest BCUT2D eigenvalue weighted by molar-refractivity contribution is 7.99. The number of esters is 1. The first kappa shape index (κ1) is 23.0. The summed E-state index contributed by atoms with van der Waals surface area (Å²) in [4.78, 5) is 24.3. The lowest BCUT2D eigenvalue weighted by atomic mass is 9.95. The molecule has 7 nitrogen and oxygen atoms in total. The van der Waals surface area contributed by atoms with E-state index in [0.29, 0.717) is 16.5 Å². The molecule has 0 unspecified atom stereocenters. The summed E-state index contributed by atoms with van der Waals surface area (Å²) >= 11 is 1.12. The van der Waals surface area contributed by atoms with Gasteiger partial charge in [-0.3, -0.25) is 14.2 Å². The number of carbonyl (C=O) groups is 2. The van der Waals surface area contributed by atoms with Crippen LogP contribution in [0.2, 0.25) is 0 Å². The maximum Gasteiger partial charge on any atom is 0.316 e. The number of thioether (sulfide) groups is 1. The monoisotopic (exact) mass is 468 g/mol. The molecule has 3 aromatic rings. The Labute approximate surface area is 195 Å². The van der Waals surface area contributed by atoms with Gasteiger partial charge < -0.3 is 10.1 Å². The van der Waals surface area contributed by atoms with Gasteiger partial charge in [0.25, 0.3) is 5.91 Å². The van der Waals surface area contributed by atoms with Gasteiger partial charge in [-0.1, -0.05) is 61.4 Å². The largest absolute Gasteiger partial charge is 0.455 e. The molecule has 172 valence electrons. The van der Waals surface area contributed by atoms with Gasteiger partial charge in [0, 0.05) is 11.7 Å². The Hall–Kier alpha value is -3.20. The van der Waals surface area contributed by atoms with Gasteiger partial charge in [0.15, 0.2) is 17.6 Å². The van der Waals surface area contributed by atoms with Crippen molar-refractivity contribution in [3.05, 3.63) is 60.4 Å². The van der Waals surface area contributed by atoms with Crippen LogP contribution in [-0.4, -0.2) is 45.0 Å². The van der Waals surface area contributed by atoms with Crippen LogP contribution in [0.5, 0.6) is 0 Å². The Bertz CT molecular complexity index is 1100. The van der Waals surface area contributed by atoms with Gasteiger partial charge in [-0.15, -0.1) is 10.2 Å². The summed E-state index contributed by atoms with van der Waals surface area (Å²) in [5.41, 5.74) is 1.05. The summed E-state index contributed by atoms with van der Waals surface area (Å²) in [7, 11) is 0. The van der Waals surface area contributed by atoms with Crippen molar-refractivity contribution >= 4 is 23.6 Å². The smallest absolute Gasteiger partial charge is 0.316 e. The minimum Gasteiger partial charge on any atom is -0.455 e. The number of amides is 1. The topological polar surface area (TPSA) is 86.1 Å². The highest BCUT2D eigenvalue weighted by atomic mass is 32.2. The first-order valence-corrected chi connectivity index (χ1v) is 11.9. The van der Waals surface area contributed by atoms with Crippen molar-refractivity contribution in [1.82, 2.24) is 20.1 Å². The summed E-state index contributed by atoms with van der Waals surface area (Å²) < 4.78 is 21.3. The fraction of sp³-hybridized carbons (Fsp3) is 0.333. The van der Waals surface area contributed by atoms with Crippen LogP contribution in [0.3, 0.4) is 0 Å². The highest BCUT2D eigenvalue weighted by Gasteiger charge is 2.20. The van der Waals surface area contributed by atoms with Gasteiger partial charge in [-0.05, 0) is 37.1 Å². The fourth-order valence-corrected chi connectivity index (χ4v) is 4.57. The van der Waals surface area contributed by atoms with E-state index in [1.165, 1.54) is 12.5 Å². The maximum absolute atomic E-state index is 14.4. The van der Waals surface area contributed by atoms with Crippen LogP contribution in [0.25, 0.3) is 17.1 Å². The zero-order valence-corrected chi connectivity index (χ0v) is 18.9. The van der Waals surface area contributed by atoms with Crippen LogP contribution < -0.4 is 5.32 Å². The van der Waals surface area contributed by atoms with E-state index in [0.717, 1.165) is 43.1 Å². The van der Waals surface area contributed by atoms with E-state index < -0.39 is 11.8 Å². The lowest BCUT2D eigenvalue weighted by Gasteiger charge is -2.22. The second-order valence-corrected chi connectivity index (χ2v) is 8.75. The number of para-hydroxylation sites is 1. The summed E-state index contributed by atoms with van der Waals surface area (Å²) in [5, 5.41) is 11.7. The van der Waals surface area contributed by atoms with E-state index in [4.69, 9.17) is 4.74 Å². The first-order chi connectivity index (χ1) is 16.1. The number of rotatable bonds is 8. The molecular formula is C24H25FN4O3S. The summed E-state index contributed by atoms with van der Waals surface area (Å²) in [5.74, 6) is -0.952. The van der Waals surface area contributed by atoms with Gasteiger partial charge in [0.2, 0.25) is 0 Å². The third-order valence-corrected chi connectivity index (χ3v) is 6.32. The summed E-state index contributed by atoms with van der Waals surface area (Å²) in [6, 6.07) is 15.8. The number of nitrogens with one attached hydrogen (secondary N) is 1. The molecule has 0 aliphatic heterocycles. The molecule has 1 N–H and O–H groups in total. The molecular weight excluding hydrogens is 443 g/mol. The molecule has 4 rings (SSSR count). The molecule has 1 heterocycles. The number of halogens is 1. The predicted octanol–water partition coefficient (Wildman–Crippen LogP) is 4.16. The van der Waals surface area contributed by atoms with Gasteiger partial charge in [0.1, 0.15) is 5.82 Å². The van der Waals surface area contributed by atoms with Crippen LogP contribution in [0.1, 0.15) is 32.1 Å². The van der Waals surface area contributed by atoms with Gasteiger partial charge in [0.05, 0.1) is 11.3 Å². The average molecular weight is 469 g/mol. The Balaban J connectivity index is 1.41. The van der Waals surface area contributed by atoms with Crippen molar-refractivity contribution < 1.29 is 18.7 Å². The maximum atomic E-state index is 14.4. The van der Waals surface area contributed by atoms with E-state index in [9.17, 15) is 14.0 Å². The van der Waals surface area contributed by atoms with Gasteiger partial charge in [-0.25, -0.2) is 4.39 Å². The number of aromatic nitrogens is 3. The van der Waals surface area contributed by atoms with Crippen LogP contribution in [0, 0.1) is 5.82 Å². The normalized spacial score (nSPS) is 14.1. The highest BCUT2D eigenvalue weighted by Crippen LogP contribution is 2.29. The lowest BCUT2D eigenvalue weighted by molar-refractivity contribution is -0.146. The minimum absolute atomic E-state index is 0.0566. The van der Waals surface area contributed by atoms with Crippen LogP contribution in [-0.2, 0) is 14.3 Å². The van der Waals surface area contributed by atoms with Crippen molar-refractivity contribution in [2.45, 2.75) is 43.3 Å². The Morgan fingerprint density at radius 3 is 2.52 bits per heavy atom. The number of ether oxygens (including phenoxy) is 1. The summed E-state index contributed by atoms with van der Waals surface area (Å²) in [6.45, 7) is -0.304. The molecule has 1 fully saturated rings. The van der Waals surface area contributed by atoms with Gasteiger partial charge in [-0.2, -0.15) is 0 Å². The quantitative estimate of drug-likeness (QED) is 0.395. The zero-order valence-electron chi connectivity index (χ0n) is 18.1. The number of benzene rings is 2. The Kier molecular flexibility index (Phi) is 7.72. The lowest BCUT2D eigenvalue weighted by Crippen LogP contribution is -2.38. The van der Waals surface area contributed by atoms with E-state index in [1.54, 1.807) is 22.8 Å². The van der Waals surface area contributed by atoms with E-state index in [1.807, 2.05) is 30.3 Å². The van der Waals surface area contributed by atoms with Crippen molar-refractivity contribution in [2.75, 3.05) is 12.4 Å². The zero-order chi connectivity index (χ0) is 23.0. The number of hydrogen-bond acceptors (Lipinski definition) is 6. The molecule has 1 aromatic heterocycles. The third-order valence-electron chi connectivity index (χ3n) is 5.42. The number of carbonyl (C=O) groups excluding carboxylic acids is 2. The number of nitrogens with zero attached hydrogens (tertiary/aromatic N) is 3. The molecule has 0 atom stereocenters. The van der Waals surface area contributed by atoms with Crippen molar-refractivity contribution in [3.63, 3.8) is 0 Å². The standard InChI is InChI=1S/C24H25FN4O3S/c25-20-14-8-7-13-19(20)23-27-28-24(29(23)18-11-5-2-6-12-18)33-16-22(31)32-15-21(30)26-17-9-3-1-4-10-17/h2,5-8,11-14,17H,1,3-4,9-10,15-16H2,(H,26,30). The van der Waals surface area contributed by atoms with E-state index in [2.05, 4.69) is 15.5 Å². The Morgan fingerprint density at radius 1 is 1.03 bits per heavy atom. The summed E-state index contributed by atoms with van der Waals surface area (Å²) in [6.07, 6.45) is 5.35. The SMILES string of the molecule is O=C(COC(=O)CSc1nnc(-c2ccccc2F)n1-c1ccccc1)NC1CCCCC1. The molecule has 33 heavy (non-hydrogen) atoms. The third kappa shape index (κ3) is 5.98. The predicted molar refractivity (Wildman–Crippen MR) is 123 cm³/mol. The molecule has 0 saturated heterocycles. The van der Waals surface area contributed by atoms with Gasteiger partial charge >= 0.3 is 5.97 Å². The molecule has 1 aliphatic carbocycles. The van der Waals surface area contributed by atoms with E-state index >= 15 is 0 Å². The van der Waals surface area contributed by atoms with Crippen molar-refractivity contribution in [3.8, 4) is 17.1 Å².